The second-order valence-electron chi connectivity index (χ2n) is 7.77. The van der Waals surface area contributed by atoms with Crippen molar-refractivity contribution in [2.45, 2.75) is 39.2 Å². The number of hydrogen-bond donors (Lipinski definition) is 2. The predicted molar refractivity (Wildman–Crippen MR) is 125 cm³/mol. The van der Waals surface area contributed by atoms with Gasteiger partial charge in [0.05, 0.1) is 6.54 Å². The zero-order valence-electron chi connectivity index (χ0n) is 17.9. The van der Waals surface area contributed by atoms with Gasteiger partial charge >= 0.3 is 0 Å². The molecule has 0 atom stereocenters. The maximum Gasteiger partial charge on any atom is 0.253 e. The van der Waals surface area contributed by atoms with E-state index in [1.165, 1.54) is 0 Å². The van der Waals surface area contributed by atoms with Gasteiger partial charge in [-0.15, -0.1) is 24.0 Å². The molecule has 0 spiro atoms. The van der Waals surface area contributed by atoms with E-state index in [0.717, 1.165) is 12.0 Å². The summed E-state index contributed by atoms with van der Waals surface area (Å²) in [6, 6.07) is 7.67. The first-order chi connectivity index (χ1) is 13.2. The molecular formula is C20H31IN6O2. The minimum atomic E-state index is -0.173. The van der Waals surface area contributed by atoms with Gasteiger partial charge in [0.2, 0.25) is 5.89 Å². The molecule has 1 aromatic heterocycles. The van der Waals surface area contributed by atoms with Crippen LogP contribution in [0.2, 0.25) is 0 Å². The van der Waals surface area contributed by atoms with Gasteiger partial charge in [-0.25, -0.2) is 0 Å². The number of carbonyl (C=O) groups is 1. The fourth-order valence-corrected chi connectivity index (χ4v) is 2.46. The Morgan fingerprint density at radius 1 is 1.24 bits per heavy atom. The Hall–Kier alpha value is -2.17. The lowest BCUT2D eigenvalue weighted by atomic mass is 9.97. The fourth-order valence-electron chi connectivity index (χ4n) is 2.46. The molecule has 0 aliphatic carbocycles. The number of nitrogens with zero attached hydrogens (tertiary/aromatic N) is 4. The number of nitrogens with one attached hydrogen (secondary N) is 2. The molecule has 0 aliphatic rings. The molecule has 0 bridgehead atoms. The van der Waals surface area contributed by atoms with E-state index in [2.05, 4.69) is 25.8 Å². The van der Waals surface area contributed by atoms with Crippen LogP contribution in [0.3, 0.4) is 0 Å². The second-order valence-corrected chi connectivity index (χ2v) is 7.77. The first-order valence-electron chi connectivity index (χ1n) is 9.29. The number of benzene rings is 1. The molecule has 0 fully saturated rings. The SMILES string of the molecule is CN=C(NCCc1cccc(C(=O)N(C)C)c1)NCc1noc(C(C)(C)C)n1.I. The first-order valence-corrected chi connectivity index (χ1v) is 9.29. The van der Waals surface area contributed by atoms with E-state index in [4.69, 9.17) is 4.52 Å². The normalized spacial score (nSPS) is 11.6. The molecule has 2 aromatic rings. The Labute approximate surface area is 189 Å². The second kappa shape index (κ2) is 11.1. The highest BCUT2D eigenvalue weighted by Gasteiger charge is 2.21. The third kappa shape index (κ3) is 7.64. The van der Waals surface area contributed by atoms with Crippen LogP contribution < -0.4 is 10.6 Å². The number of amides is 1. The lowest BCUT2D eigenvalue weighted by Crippen LogP contribution is -2.38. The molecule has 29 heavy (non-hydrogen) atoms. The minimum Gasteiger partial charge on any atom is -0.356 e. The van der Waals surface area contributed by atoms with E-state index < -0.39 is 0 Å². The van der Waals surface area contributed by atoms with Gasteiger partial charge in [-0.2, -0.15) is 4.98 Å². The van der Waals surface area contributed by atoms with Gasteiger partial charge in [0.25, 0.3) is 5.91 Å². The average molecular weight is 514 g/mol. The average Bonchev–Trinajstić information content (AvgIpc) is 3.13. The summed E-state index contributed by atoms with van der Waals surface area (Å²) in [5.74, 6) is 1.85. The first kappa shape index (κ1) is 24.9. The lowest BCUT2D eigenvalue weighted by molar-refractivity contribution is 0.0827. The molecule has 0 aliphatic heterocycles. The van der Waals surface area contributed by atoms with E-state index in [1.807, 2.05) is 45.0 Å². The lowest BCUT2D eigenvalue weighted by Gasteiger charge is -2.12. The molecule has 0 radical (unpaired) electrons. The number of guanidine groups is 1. The number of rotatable bonds is 6. The molecule has 1 heterocycles. The van der Waals surface area contributed by atoms with E-state index in [1.54, 1.807) is 26.0 Å². The third-order valence-electron chi connectivity index (χ3n) is 4.03. The van der Waals surface area contributed by atoms with Crippen molar-refractivity contribution in [2.24, 2.45) is 4.99 Å². The smallest absolute Gasteiger partial charge is 0.253 e. The Balaban J connectivity index is 0.00000420. The van der Waals surface area contributed by atoms with Crippen molar-refractivity contribution < 1.29 is 9.32 Å². The van der Waals surface area contributed by atoms with Gasteiger partial charge in [0.15, 0.2) is 11.8 Å². The van der Waals surface area contributed by atoms with Crippen LogP contribution in [0.1, 0.15) is 48.4 Å². The summed E-state index contributed by atoms with van der Waals surface area (Å²) in [5, 5.41) is 10.4. The molecule has 9 heteroatoms. The Kier molecular flexibility index (Phi) is 9.54. The van der Waals surface area contributed by atoms with Gasteiger partial charge in [-0.05, 0) is 24.1 Å². The van der Waals surface area contributed by atoms with Gasteiger partial charge in [-0.3, -0.25) is 9.79 Å². The zero-order chi connectivity index (χ0) is 20.7. The van der Waals surface area contributed by atoms with E-state index in [9.17, 15) is 4.79 Å². The monoisotopic (exact) mass is 514 g/mol. The van der Waals surface area contributed by atoms with Crippen LogP contribution in [0.5, 0.6) is 0 Å². The van der Waals surface area contributed by atoms with Crippen LogP contribution in [0.4, 0.5) is 0 Å². The number of halogens is 1. The standard InChI is InChI=1S/C20H30N6O2.HI/c1-20(2,3)18-24-16(25-28-18)13-23-19(21-4)22-11-10-14-8-7-9-15(12-14)17(27)26(5)6;/h7-9,12H,10-11,13H2,1-6H3,(H2,21,22,23);1H. The molecule has 0 saturated carbocycles. The number of carbonyl (C=O) groups excluding carboxylic acids is 1. The van der Waals surface area contributed by atoms with Crippen LogP contribution in [-0.4, -0.2) is 54.6 Å². The Morgan fingerprint density at radius 2 is 1.97 bits per heavy atom. The van der Waals surface area contributed by atoms with E-state index in [0.29, 0.717) is 36.3 Å². The topological polar surface area (TPSA) is 95.7 Å². The summed E-state index contributed by atoms with van der Waals surface area (Å²) < 4.78 is 5.29. The van der Waals surface area contributed by atoms with Gasteiger partial charge in [0.1, 0.15) is 0 Å². The van der Waals surface area contributed by atoms with Crippen molar-refractivity contribution in [1.29, 1.82) is 0 Å². The van der Waals surface area contributed by atoms with Crippen LogP contribution in [0.25, 0.3) is 0 Å². The Bertz CT molecular complexity index is 826. The molecule has 2 rings (SSSR count). The molecule has 1 aromatic carbocycles. The molecular weight excluding hydrogens is 483 g/mol. The molecule has 2 N–H and O–H groups in total. The summed E-state index contributed by atoms with van der Waals surface area (Å²) in [7, 11) is 5.21. The van der Waals surface area contributed by atoms with Gasteiger partial charge in [0, 0.05) is 38.7 Å². The highest BCUT2D eigenvalue weighted by Crippen LogP contribution is 2.19. The quantitative estimate of drug-likeness (QED) is 0.350. The highest BCUT2D eigenvalue weighted by atomic mass is 127. The fraction of sp³-hybridized carbons (Fsp3) is 0.500. The van der Waals surface area contributed by atoms with Crippen molar-refractivity contribution in [3.63, 3.8) is 0 Å². The summed E-state index contributed by atoms with van der Waals surface area (Å²) in [4.78, 5) is 22.2. The largest absolute Gasteiger partial charge is 0.356 e. The van der Waals surface area contributed by atoms with Crippen molar-refractivity contribution in [2.75, 3.05) is 27.7 Å². The van der Waals surface area contributed by atoms with Crippen molar-refractivity contribution in [3.05, 3.63) is 47.1 Å². The van der Waals surface area contributed by atoms with Crippen LogP contribution in [0.15, 0.2) is 33.8 Å². The van der Waals surface area contributed by atoms with E-state index in [-0.39, 0.29) is 35.3 Å². The Morgan fingerprint density at radius 3 is 2.55 bits per heavy atom. The van der Waals surface area contributed by atoms with Crippen LogP contribution in [0, 0.1) is 0 Å². The maximum atomic E-state index is 12.1. The zero-order valence-corrected chi connectivity index (χ0v) is 20.3. The molecule has 160 valence electrons. The van der Waals surface area contributed by atoms with E-state index >= 15 is 0 Å². The van der Waals surface area contributed by atoms with Crippen molar-refractivity contribution in [3.8, 4) is 0 Å². The van der Waals surface area contributed by atoms with Gasteiger partial charge < -0.3 is 20.1 Å². The third-order valence-corrected chi connectivity index (χ3v) is 4.03. The van der Waals surface area contributed by atoms with Gasteiger partial charge in [-0.1, -0.05) is 38.1 Å². The summed E-state index contributed by atoms with van der Waals surface area (Å²) in [5.41, 5.74) is 1.61. The summed E-state index contributed by atoms with van der Waals surface area (Å²) in [6.45, 7) is 7.18. The van der Waals surface area contributed by atoms with Crippen LogP contribution in [-0.2, 0) is 18.4 Å². The molecule has 0 saturated heterocycles. The summed E-state index contributed by atoms with van der Waals surface area (Å²) >= 11 is 0. The minimum absolute atomic E-state index is 0. The summed E-state index contributed by atoms with van der Waals surface area (Å²) in [6.07, 6.45) is 0.769. The van der Waals surface area contributed by atoms with Crippen LogP contribution >= 0.6 is 24.0 Å². The molecule has 1 amide bonds. The van der Waals surface area contributed by atoms with Crippen molar-refractivity contribution >= 4 is 35.8 Å². The number of aromatic nitrogens is 2. The predicted octanol–water partition coefficient (Wildman–Crippen LogP) is 2.59. The molecule has 8 nitrogen and oxygen atoms in total. The molecule has 0 unspecified atom stereocenters. The highest BCUT2D eigenvalue weighted by molar-refractivity contribution is 14.0. The number of hydrogen-bond acceptors (Lipinski definition) is 5. The maximum absolute atomic E-state index is 12.1. The number of aliphatic imine (C=N–C) groups is 1. The van der Waals surface area contributed by atoms with Crippen molar-refractivity contribution in [1.82, 2.24) is 25.7 Å².